The van der Waals surface area contributed by atoms with Crippen LogP contribution in [0.2, 0.25) is 0 Å². The van der Waals surface area contributed by atoms with Gasteiger partial charge in [-0.2, -0.15) is 0 Å². The molecule has 0 bridgehead atoms. The highest BCUT2D eigenvalue weighted by molar-refractivity contribution is 5.66. The first-order valence-electron chi connectivity index (χ1n) is 3.53. The SMILES string of the molecule is CN1C=CN(CCC(=O)O)C1. The molecule has 0 aliphatic carbocycles. The molecule has 1 heterocycles. The predicted octanol–water partition coefficient (Wildman–Crippen LogP) is 0.137. The number of carboxylic acid groups (broad SMARTS) is 1. The molecule has 1 rings (SSSR count). The molecule has 0 aromatic carbocycles. The number of hydrogen-bond acceptors (Lipinski definition) is 3. The van der Waals surface area contributed by atoms with Gasteiger partial charge in [0.2, 0.25) is 0 Å². The van der Waals surface area contributed by atoms with E-state index in [4.69, 9.17) is 5.11 Å². The third-order valence-corrected chi connectivity index (χ3v) is 1.55. The monoisotopic (exact) mass is 156 g/mol. The minimum absolute atomic E-state index is 0.207. The van der Waals surface area contributed by atoms with Crippen LogP contribution in [0.5, 0.6) is 0 Å². The van der Waals surface area contributed by atoms with Crippen LogP contribution in [-0.2, 0) is 4.79 Å². The third kappa shape index (κ3) is 2.49. The van der Waals surface area contributed by atoms with Crippen LogP contribution >= 0.6 is 0 Å². The fourth-order valence-corrected chi connectivity index (χ4v) is 0.973. The lowest BCUT2D eigenvalue weighted by atomic mass is 10.4. The quantitative estimate of drug-likeness (QED) is 0.631. The Morgan fingerprint density at radius 3 is 2.82 bits per heavy atom. The number of hydrogen-bond donors (Lipinski definition) is 1. The van der Waals surface area contributed by atoms with Crippen LogP contribution < -0.4 is 0 Å². The zero-order valence-electron chi connectivity index (χ0n) is 6.53. The first-order chi connectivity index (χ1) is 5.18. The highest BCUT2D eigenvalue weighted by atomic mass is 16.4. The van der Waals surface area contributed by atoms with Crippen molar-refractivity contribution in [1.82, 2.24) is 9.80 Å². The second-order valence-corrected chi connectivity index (χ2v) is 2.65. The zero-order chi connectivity index (χ0) is 8.27. The fourth-order valence-electron chi connectivity index (χ4n) is 0.973. The van der Waals surface area contributed by atoms with Gasteiger partial charge >= 0.3 is 5.97 Å². The molecule has 4 heteroatoms. The Labute approximate surface area is 65.7 Å². The summed E-state index contributed by atoms with van der Waals surface area (Å²) in [4.78, 5) is 14.1. The molecule has 0 unspecified atom stereocenters. The van der Waals surface area contributed by atoms with Gasteiger partial charge in [0.15, 0.2) is 0 Å². The van der Waals surface area contributed by atoms with Crippen molar-refractivity contribution in [2.75, 3.05) is 20.3 Å². The Balaban J connectivity index is 2.19. The summed E-state index contributed by atoms with van der Waals surface area (Å²) in [5.41, 5.74) is 0. The third-order valence-electron chi connectivity index (χ3n) is 1.55. The van der Waals surface area contributed by atoms with Crippen LogP contribution in [0.1, 0.15) is 6.42 Å². The van der Waals surface area contributed by atoms with Crippen molar-refractivity contribution in [3.8, 4) is 0 Å². The Hall–Kier alpha value is -1.19. The Kier molecular flexibility index (Phi) is 2.36. The molecular formula is C7H12N2O2. The number of carbonyl (C=O) groups is 1. The molecule has 1 aliphatic rings. The largest absolute Gasteiger partial charge is 0.481 e. The maximum atomic E-state index is 10.2. The lowest BCUT2D eigenvalue weighted by Gasteiger charge is -2.16. The van der Waals surface area contributed by atoms with Gasteiger partial charge in [-0.1, -0.05) is 0 Å². The van der Waals surface area contributed by atoms with E-state index in [0.29, 0.717) is 6.54 Å². The molecule has 1 aliphatic heterocycles. The number of aliphatic carboxylic acids is 1. The van der Waals surface area contributed by atoms with Gasteiger partial charge in [-0.3, -0.25) is 4.79 Å². The molecule has 0 amide bonds. The molecule has 0 aromatic heterocycles. The van der Waals surface area contributed by atoms with E-state index in [0.717, 1.165) is 6.67 Å². The van der Waals surface area contributed by atoms with Gasteiger partial charge in [-0.25, -0.2) is 0 Å². The molecule has 0 spiro atoms. The molecule has 0 aromatic rings. The first-order valence-corrected chi connectivity index (χ1v) is 3.53. The van der Waals surface area contributed by atoms with Crippen LogP contribution in [0.25, 0.3) is 0 Å². The summed E-state index contributed by atoms with van der Waals surface area (Å²) in [6.45, 7) is 1.39. The van der Waals surface area contributed by atoms with Crippen molar-refractivity contribution in [3.63, 3.8) is 0 Å². The van der Waals surface area contributed by atoms with E-state index in [1.807, 2.05) is 29.2 Å². The van der Waals surface area contributed by atoms with E-state index < -0.39 is 5.97 Å². The first kappa shape index (κ1) is 7.91. The van der Waals surface area contributed by atoms with Crippen molar-refractivity contribution in [3.05, 3.63) is 12.4 Å². The van der Waals surface area contributed by atoms with Crippen molar-refractivity contribution >= 4 is 5.97 Å². The van der Waals surface area contributed by atoms with Gasteiger partial charge in [0.25, 0.3) is 0 Å². The summed E-state index contributed by atoms with van der Waals surface area (Å²) >= 11 is 0. The van der Waals surface area contributed by atoms with Gasteiger partial charge in [0, 0.05) is 26.0 Å². The summed E-state index contributed by atoms with van der Waals surface area (Å²) in [6, 6.07) is 0. The minimum atomic E-state index is -0.743. The standard InChI is InChI=1S/C7H12N2O2/c1-8-4-5-9(6-8)3-2-7(10)11/h4-5H,2-3,6H2,1H3,(H,10,11). The molecule has 0 saturated heterocycles. The predicted molar refractivity (Wildman–Crippen MR) is 40.7 cm³/mol. The van der Waals surface area contributed by atoms with E-state index >= 15 is 0 Å². The Bertz CT molecular complexity index is 179. The number of carboxylic acids is 1. The smallest absolute Gasteiger partial charge is 0.305 e. The summed E-state index contributed by atoms with van der Waals surface area (Å²) < 4.78 is 0. The van der Waals surface area contributed by atoms with E-state index in [1.54, 1.807) is 0 Å². The average Bonchev–Trinajstić information content (AvgIpc) is 2.31. The zero-order valence-corrected chi connectivity index (χ0v) is 6.53. The molecule has 1 N–H and O–H groups in total. The van der Waals surface area contributed by atoms with Gasteiger partial charge < -0.3 is 14.9 Å². The summed E-state index contributed by atoms with van der Waals surface area (Å²) in [6.07, 6.45) is 4.04. The molecule has 0 atom stereocenters. The van der Waals surface area contributed by atoms with E-state index in [1.165, 1.54) is 0 Å². The van der Waals surface area contributed by atoms with Gasteiger partial charge in [-0.15, -0.1) is 0 Å². The van der Waals surface area contributed by atoms with Crippen LogP contribution in [0.3, 0.4) is 0 Å². The summed E-state index contributed by atoms with van der Waals surface area (Å²) in [7, 11) is 1.96. The molecule has 4 nitrogen and oxygen atoms in total. The minimum Gasteiger partial charge on any atom is -0.481 e. The maximum absolute atomic E-state index is 10.2. The Morgan fingerprint density at radius 1 is 1.64 bits per heavy atom. The average molecular weight is 156 g/mol. The molecule has 62 valence electrons. The molecule has 0 saturated carbocycles. The van der Waals surface area contributed by atoms with Crippen molar-refractivity contribution < 1.29 is 9.90 Å². The molecule has 0 radical (unpaired) electrons. The topological polar surface area (TPSA) is 43.8 Å². The Morgan fingerprint density at radius 2 is 2.36 bits per heavy atom. The van der Waals surface area contributed by atoms with Crippen LogP contribution in [0.4, 0.5) is 0 Å². The maximum Gasteiger partial charge on any atom is 0.305 e. The molecular weight excluding hydrogens is 144 g/mol. The van der Waals surface area contributed by atoms with Crippen LogP contribution in [0.15, 0.2) is 12.4 Å². The van der Waals surface area contributed by atoms with E-state index in [-0.39, 0.29) is 6.42 Å². The highest BCUT2D eigenvalue weighted by Crippen LogP contribution is 2.03. The van der Waals surface area contributed by atoms with Gasteiger partial charge in [0.1, 0.15) is 0 Å². The summed E-state index contributed by atoms with van der Waals surface area (Å²) in [5, 5.41) is 8.38. The normalized spacial score (nSPS) is 16.1. The highest BCUT2D eigenvalue weighted by Gasteiger charge is 2.08. The lowest BCUT2D eigenvalue weighted by Crippen LogP contribution is -2.24. The van der Waals surface area contributed by atoms with Crippen molar-refractivity contribution in [1.29, 1.82) is 0 Å². The summed E-state index contributed by atoms with van der Waals surface area (Å²) in [5.74, 6) is -0.743. The van der Waals surface area contributed by atoms with Crippen LogP contribution in [0, 0.1) is 0 Å². The second kappa shape index (κ2) is 3.27. The lowest BCUT2D eigenvalue weighted by molar-refractivity contribution is -0.137. The fraction of sp³-hybridized carbons (Fsp3) is 0.571. The van der Waals surface area contributed by atoms with Gasteiger partial charge in [0.05, 0.1) is 13.1 Å². The van der Waals surface area contributed by atoms with Gasteiger partial charge in [-0.05, 0) is 0 Å². The van der Waals surface area contributed by atoms with Crippen LogP contribution in [-0.4, -0.2) is 41.1 Å². The molecule has 0 fully saturated rings. The van der Waals surface area contributed by atoms with Crippen molar-refractivity contribution in [2.45, 2.75) is 6.42 Å². The van der Waals surface area contributed by atoms with Crippen molar-refractivity contribution in [2.24, 2.45) is 0 Å². The number of nitrogens with zero attached hydrogens (tertiary/aromatic N) is 2. The van der Waals surface area contributed by atoms with E-state index in [9.17, 15) is 4.79 Å². The number of rotatable bonds is 3. The molecule has 11 heavy (non-hydrogen) atoms. The second-order valence-electron chi connectivity index (χ2n) is 2.65. The van der Waals surface area contributed by atoms with E-state index in [2.05, 4.69) is 0 Å².